The predicted octanol–water partition coefficient (Wildman–Crippen LogP) is 3.07. The third-order valence-corrected chi connectivity index (χ3v) is 5.34. The predicted molar refractivity (Wildman–Crippen MR) is 102 cm³/mol. The Morgan fingerprint density at radius 2 is 2.11 bits per heavy atom. The van der Waals surface area contributed by atoms with Crippen LogP contribution in [0.3, 0.4) is 0 Å². The molecule has 0 atom stereocenters. The fourth-order valence-corrected chi connectivity index (χ4v) is 3.70. The maximum absolute atomic E-state index is 12.8. The monoisotopic (exact) mass is 375 g/mol. The van der Waals surface area contributed by atoms with Gasteiger partial charge in [-0.2, -0.15) is 10.4 Å². The van der Waals surface area contributed by atoms with Crippen LogP contribution < -0.4 is 0 Å². The molecular formula is C21H21N5O2. The molecular weight excluding hydrogens is 354 g/mol. The standard InChI is InChI=1S/C21H21N5O2/c1-13-17(14(2)28-25-13)7-8-20(27)26-10-9-19-18(12-26)21(24-23-19)16-5-3-15(11-22)4-6-16/h3-6H,7-10,12H2,1-2H3,(H,23,24). The van der Waals surface area contributed by atoms with Gasteiger partial charge in [0.1, 0.15) is 5.76 Å². The van der Waals surface area contributed by atoms with E-state index in [0.29, 0.717) is 31.5 Å². The summed E-state index contributed by atoms with van der Waals surface area (Å²) in [7, 11) is 0. The molecule has 0 unspecified atom stereocenters. The third kappa shape index (κ3) is 3.29. The van der Waals surface area contributed by atoms with Crippen LogP contribution in [0.2, 0.25) is 0 Å². The molecule has 0 saturated carbocycles. The molecule has 3 aromatic rings. The molecule has 1 aliphatic rings. The van der Waals surface area contributed by atoms with E-state index in [-0.39, 0.29) is 5.91 Å². The van der Waals surface area contributed by atoms with Crippen molar-refractivity contribution in [2.75, 3.05) is 6.54 Å². The highest BCUT2D eigenvalue weighted by molar-refractivity contribution is 5.77. The Morgan fingerprint density at radius 1 is 1.32 bits per heavy atom. The van der Waals surface area contributed by atoms with Crippen molar-refractivity contribution in [3.63, 3.8) is 0 Å². The number of nitrogens with zero attached hydrogens (tertiary/aromatic N) is 4. The van der Waals surface area contributed by atoms with Gasteiger partial charge in [-0.3, -0.25) is 9.89 Å². The van der Waals surface area contributed by atoms with Crippen molar-refractivity contribution in [2.24, 2.45) is 0 Å². The number of rotatable bonds is 4. The van der Waals surface area contributed by atoms with Crippen LogP contribution in [0, 0.1) is 25.2 Å². The van der Waals surface area contributed by atoms with Crippen molar-refractivity contribution in [1.82, 2.24) is 20.3 Å². The van der Waals surface area contributed by atoms with Gasteiger partial charge in [0, 0.05) is 48.3 Å². The van der Waals surface area contributed by atoms with Crippen LogP contribution in [0.25, 0.3) is 11.3 Å². The number of benzene rings is 1. The first kappa shape index (κ1) is 18.0. The topological polar surface area (TPSA) is 98.8 Å². The van der Waals surface area contributed by atoms with E-state index in [1.165, 1.54) is 0 Å². The number of hydrogen-bond acceptors (Lipinski definition) is 5. The highest BCUT2D eigenvalue weighted by Crippen LogP contribution is 2.29. The van der Waals surface area contributed by atoms with E-state index in [2.05, 4.69) is 21.4 Å². The van der Waals surface area contributed by atoms with Gasteiger partial charge in [-0.1, -0.05) is 17.3 Å². The lowest BCUT2D eigenvalue weighted by molar-refractivity contribution is -0.132. The molecule has 0 aliphatic carbocycles. The van der Waals surface area contributed by atoms with E-state index in [1.807, 2.05) is 30.9 Å². The lowest BCUT2D eigenvalue weighted by atomic mass is 9.99. The van der Waals surface area contributed by atoms with Gasteiger partial charge in [0.2, 0.25) is 5.91 Å². The Balaban J connectivity index is 1.49. The number of aryl methyl sites for hydroxylation is 2. The van der Waals surface area contributed by atoms with Crippen LogP contribution in [0.5, 0.6) is 0 Å². The number of carbonyl (C=O) groups excluding carboxylic acids is 1. The molecule has 1 N–H and O–H groups in total. The zero-order chi connectivity index (χ0) is 19.7. The average Bonchev–Trinajstić information content (AvgIpc) is 3.29. The Hall–Kier alpha value is -3.40. The van der Waals surface area contributed by atoms with E-state index in [4.69, 9.17) is 9.78 Å². The summed E-state index contributed by atoms with van der Waals surface area (Å²) in [5.74, 6) is 0.904. The van der Waals surface area contributed by atoms with Crippen molar-refractivity contribution in [3.05, 3.63) is 58.1 Å². The Kier molecular flexibility index (Phi) is 4.70. The fraction of sp³-hybridized carbons (Fsp3) is 0.333. The van der Waals surface area contributed by atoms with E-state index < -0.39 is 0 Å². The summed E-state index contributed by atoms with van der Waals surface area (Å²) in [6.45, 7) is 5.01. The van der Waals surface area contributed by atoms with E-state index in [1.54, 1.807) is 12.1 Å². The third-order valence-electron chi connectivity index (χ3n) is 5.34. The minimum absolute atomic E-state index is 0.123. The minimum atomic E-state index is 0.123. The molecule has 0 radical (unpaired) electrons. The Morgan fingerprint density at radius 3 is 2.79 bits per heavy atom. The molecule has 0 saturated heterocycles. The number of hydrogen-bond donors (Lipinski definition) is 1. The normalized spacial score (nSPS) is 13.2. The number of aromatic nitrogens is 3. The van der Waals surface area contributed by atoms with E-state index >= 15 is 0 Å². The summed E-state index contributed by atoms with van der Waals surface area (Å²) in [5, 5.41) is 20.5. The van der Waals surface area contributed by atoms with Gasteiger partial charge in [0.15, 0.2) is 0 Å². The lowest BCUT2D eigenvalue weighted by Gasteiger charge is -2.27. The number of carbonyl (C=O) groups is 1. The quantitative estimate of drug-likeness (QED) is 0.755. The number of H-pyrrole nitrogens is 1. The molecule has 4 rings (SSSR count). The first-order chi connectivity index (χ1) is 13.6. The molecule has 1 amide bonds. The number of aromatic amines is 1. The van der Waals surface area contributed by atoms with Gasteiger partial charge in [0.05, 0.1) is 23.0 Å². The molecule has 1 aliphatic heterocycles. The van der Waals surface area contributed by atoms with Crippen LogP contribution in [0.4, 0.5) is 0 Å². The van der Waals surface area contributed by atoms with Crippen LogP contribution in [-0.2, 0) is 24.2 Å². The van der Waals surface area contributed by atoms with Crippen molar-refractivity contribution in [3.8, 4) is 17.3 Å². The number of nitriles is 1. The molecule has 7 nitrogen and oxygen atoms in total. The largest absolute Gasteiger partial charge is 0.361 e. The fourth-order valence-electron chi connectivity index (χ4n) is 3.70. The van der Waals surface area contributed by atoms with Gasteiger partial charge < -0.3 is 9.42 Å². The van der Waals surface area contributed by atoms with Gasteiger partial charge in [0.25, 0.3) is 0 Å². The smallest absolute Gasteiger partial charge is 0.223 e. The van der Waals surface area contributed by atoms with E-state index in [9.17, 15) is 4.79 Å². The molecule has 28 heavy (non-hydrogen) atoms. The van der Waals surface area contributed by atoms with Gasteiger partial charge in [-0.15, -0.1) is 0 Å². The minimum Gasteiger partial charge on any atom is -0.361 e. The summed E-state index contributed by atoms with van der Waals surface area (Å²) < 4.78 is 5.18. The van der Waals surface area contributed by atoms with Gasteiger partial charge in [-0.25, -0.2) is 0 Å². The summed E-state index contributed by atoms with van der Waals surface area (Å²) in [6, 6.07) is 9.48. The van der Waals surface area contributed by atoms with Crippen molar-refractivity contribution < 1.29 is 9.32 Å². The number of amides is 1. The second-order valence-corrected chi connectivity index (χ2v) is 7.09. The summed E-state index contributed by atoms with van der Waals surface area (Å²) in [4.78, 5) is 14.7. The maximum atomic E-state index is 12.8. The molecule has 1 aromatic carbocycles. The molecule has 142 valence electrons. The Labute approximate surface area is 163 Å². The first-order valence-electron chi connectivity index (χ1n) is 9.33. The highest BCUT2D eigenvalue weighted by atomic mass is 16.5. The molecule has 7 heteroatoms. The second kappa shape index (κ2) is 7.31. The van der Waals surface area contributed by atoms with Crippen molar-refractivity contribution in [2.45, 2.75) is 39.7 Å². The highest BCUT2D eigenvalue weighted by Gasteiger charge is 2.26. The van der Waals surface area contributed by atoms with Gasteiger partial charge >= 0.3 is 0 Å². The zero-order valence-electron chi connectivity index (χ0n) is 16.0. The Bertz CT molecular complexity index is 1040. The summed E-state index contributed by atoms with van der Waals surface area (Å²) in [6.07, 6.45) is 1.83. The maximum Gasteiger partial charge on any atom is 0.223 e. The lowest BCUT2D eigenvalue weighted by Crippen LogP contribution is -2.36. The summed E-state index contributed by atoms with van der Waals surface area (Å²) in [5.41, 5.74) is 6.42. The summed E-state index contributed by atoms with van der Waals surface area (Å²) >= 11 is 0. The molecule has 2 aromatic heterocycles. The zero-order valence-corrected chi connectivity index (χ0v) is 16.0. The molecule has 3 heterocycles. The number of fused-ring (bicyclic) bond motifs is 1. The van der Waals surface area contributed by atoms with E-state index in [0.717, 1.165) is 46.0 Å². The molecule has 0 bridgehead atoms. The van der Waals surface area contributed by atoms with Crippen LogP contribution in [0.1, 0.15) is 40.3 Å². The van der Waals surface area contributed by atoms with Crippen molar-refractivity contribution in [1.29, 1.82) is 5.26 Å². The van der Waals surface area contributed by atoms with Crippen LogP contribution in [-0.4, -0.2) is 32.7 Å². The molecule has 0 fully saturated rings. The second-order valence-electron chi connectivity index (χ2n) is 7.09. The average molecular weight is 375 g/mol. The number of nitrogens with one attached hydrogen (secondary N) is 1. The van der Waals surface area contributed by atoms with Crippen LogP contribution >= 0.6 is 0 Å². The van der Waals surface area contributed by atoms with Gasteiger partial charge in [-0.05, 0) is 32.4 Å². The SMILES string of the molecule is Cc1noc(C)c1CCC(=O)N1CCc2[nH]nc(-c3ccc(C#N)cc3)c2C1. The van der Waals surface area contributed by atoms with Crippen molar-refractivity contribution >= 4 is 5.91 Å². The van der Waals surface area contributed by atoms with Crippen LogP contribution in [0.15, 0.2) is 28.8 Å². The molecule has 0 spiro atoms. The first-order valence-corrected chi connectivity index (χ1v) is 9.33.